The van der Waals surface area contributed by atoms with Crippen LogP contribution in [0, 0.1) is 18.2 Å². The first-order valence-corrected chi connectivity index (χ1v) is 12.1. The van der Waals surface area contributed by atoms with Crippen molar-refractivity contribution < 1.29 is 23.8 Å². The van der Waals surface area contributed by atoms with Crippen LogP contribution in [0.4, 0.5) is 4.39 Å². The van der Waals surface area contributed by atoms with Gasteiger partial charge in [-0.15, -0.1) is 17.8 Å². The number of benzene rings is 1. The molecule has 1 aliphatic carbocycles. The average molecular weight is 473 g/mol. The molecule has 1 aromatic carbocycles. The second kappa shape index (κ2) is 11.1. The number of aliphatic hydroxyl groups is 1. The highest BCUT2D eigenvalue weighted by atomic mass is 32.1. The highest BCUT2D eigenvalue weighted by Crippen LogP contribution is 2.34. The number of terminal acetylenes is 1. The van der Waals surface area contributed by atoms with Crippen LogP contribution in [-0.4, -0.2) is 72.4 Å². The summed E-state index contributed by atoms with van der Waals surface area (Å²) in [5, 5.41) is 12.4. The van der Waals surface area contributed by atoms with Crippen molar-refractivity contribution in [3.8, 4) is 18.1 Å². The molecule has 2 aromatic rings. The third kappa shape index (κ3) is 6.33. The molecule has 33 heavy (non-hydrogen) atoms. The van der Waals surface area contributed by atoms with E-state index in [4.69, 9.17) is 15.9 Å². The number of hydrogen-bond acceptors (Lipinski definition) is 6. The Kier molecular flexibility index (Phi) is 7.99. The van der Waals surface area contributed by atoms with Crippen molar-refractivity contribution in [3.63, 3.8) is 0 Å². The molecule has 0 unspecified atom stereocenters. The summed E-state index contributed by atoms with van der Waals surface area (Å²) in [4.78, 5) is 18.6. The van der Waals surface area contributed by atoms with Gasteiger partial charge in [-0.1, -0.05) is 12.0 Å². The van der Waals surface area contributed by atoms with E-state index in [0.29, 0.717) is 24.9 Å². The molecular formula is C25H29FN2O4S. The van der Waals surface area contributed by atoms with Crippen molar-refractivity contribution in [1.82, 2.24) is 9.80 Å². The number of thiophene rings is 1. The molecule has 6 nitrogen and oxygen atoms in total. The van der Waals surface area contributed by atoms with Crippen molar-refractivity contribution >= 4 is 17.2 Å². The minimum absolute atomic E-state index is 0.00309. The molecule has 1 fully saturated rings. The zero-order chi connectivity index (χ0) is 23.2. The molecule has 0 saturated heterocycles. The van der Waals surface area contributed by atoms with Crippen LogP contribution in [-0.2, 0) is 16.0 Å². The number of hydrogen-bond donors (Lipinski definition) is 1. The fourth-order valence-electron chi connectivity index (χ4n) is 4.23. The van der Waals surface area contributed by atoms with Crippen LogP contribution in [0.15, 0.2) is 35.7 Å². The van der Waals surface area contributed by atoms with Crippen molar-refractivity contribution in [2.45, 2.75) is 37.5 Å². The fraction of sp³-hybridized carbons (Fsp3) is 0.480. The third-order valence-electron chi connectivity index (χ3n) is 5.96. The summed E-state index contributed by atoms with van der Waals surface area (Å²) in [5.41, 5.74) is 1.09. The van der Waals surface area contributed by atoms with E-state index in [1.54, 1.807) is 23.5 Å². The summed E-state index contributed by atoms with van der Waals surface area (Å²) in [6.45, 7) is 1.76. The number of amides is 1. The van der Waals surface area contributed by atoms with Crippen LogP contribution in [0.5, 0.6) is 5.75 Å². The minimum atomic E-state index is -0.705. The van der Waals surface area contributed by atoms with Crippen molar-refractivity contribution in [1.29, 1.82) is 0 Å². The summed E-state index contributed by atoms with van der Waals surface area (Å²) >= 11 is 1.69. The van der Waals surface area contributed by atoms with Gasteiger partial charge in [0.25, 0.3) is 0 Å². The second-order valence-electron chi connectivity index (χ2n) is 8.45. The molecule has 2 atom stereocenters. The minimum Gasteiger partial charge on any atom is -0.491 e. The summed E-state index contributed by atoms with van der Waals surface area (Å²) in [6, 6.07) is 8.16. The van der Waals surface area contributed by atoms with Gasteiger partial charge in [0.05, 0.1) is 25.3 Å². The standard InChI is InChI=1S/C25H29FN2O4S/c1-2-11-31-16-20(29)14-27(19-6-7-19)15-25(30)28-10-8-24-22(9-12-33-24)23(28)17-32-21-5-3-4-18(26)13-21/h1,3-5,9,12-13,19-20,23,29H,6-8,10-11,14-17H2/t20-,23+/m1/s1. The van der Waals surface area contributed by atoms with Crippen LogP contribution in [0.1, 0.15) is 29.3 Å². The van der Waals surface area contributed by atoms with E-state index in [-0.39, 0.29) is 44.1 Å². The van der Waals surface area contributed by atoms with Gasteiger partial charge in [0.15, 0.2) is 0 Å². The van der Waals surface area contributed by atoms with Gasteiger partial charge >= 0.3 is 0 Å². The number of ether oxygens (including phenoxy) is 2. The highest BCUT2D eigenvalue weighted by Gasteiger charge is 2.36. The molecule has 1 aromatic heterocycles. The van der Waals surface area contributed by atoms with Gasteiger partial charge in [-0.2, -0.15) is 0 Å². The Hall–Kier alpha value is -2.44. The summed E-state index contributed by atoms with van der Waals surface area (Å²) in [6.07, 6.45) is 7.33. The molecular weight excluding hydrogens is 443 g/mol. The lowest BCUT2D eigenvalue weighted by Gasteiger charge is -2.37. The first-order valence-electron chi connectivity index (χ1n) is 11.2. The highest BCUT2D eigenvalue weighted by molar-refractivity contribution is 7.10. The molecule has 1 N–H and O–H groups in total. The number of carbonyl (C=O) groups is 1. The molecule has 0 bridgehead atoms. The number of nitrogens with zero attached hydrogens (tertiary/aromatic N) is 2. The first-order chi connectivity index (χ1) is 16.0. The van der Waals surface area contributed by atoms with Crippen molar-refractivity contribution in [2.24, 2.45) is 0 Å². The van der Waals surface area contributed by atoms with Crippen LogP contribution >= 0.6 is 11.3 Å². The van der Waals surface area contributed by atoms with E-state index >= 15 is 0 Å². The molecule has 1 aliphatic heterocycles. The van der Waals surface area contributed by atoms with E-state index in [1.807, 2.05) is 21.2 Å². The second-order valence-corrected chi connectivity index (χ2v) is 9.45. The largest absolute Gasteiger partial charge is 0.491 e. The van der Waals surface area contributed by atoms with Gasteiger partial charge in [0, 0.05) is 30.1 Å². The van der Waals surface area contributed by atoms with Gasteiger partial charge < -0.3 is 19.5 Å². The lowest BCUT2D eigenvalue weighted by molar-refractivity contribution is -0.136. The Morgan fingerprint density at radius 2 is 2.24 bits per heavy atom. The van der Waals surface area contributed by atoms with Gasteiger partial charge in [-0.3, -0.25) is 9.69 Å². The maximum atomic E-state index is 13.6. The summed E-state index contributed by atoms with van der Waals surface area (Å²) < 4.78 is 24.7. The van der Waals surface area contributed by atoms with E-state index in [1.165, 1.54) is 17.0 Å². The molecule has 4 rings (SSSR count). The Morgan fingerprint density at radius 1 is 1.39 bits per heavy atom. The Bertz CT molecular complexity index is 987. The van der Waals surface area contributed by atoms with Crippen LogP contribution < -0.4 is 4.74 Å². The maximum absolute atomic E-state index is 13.6. The topological polar surface area (TPSA) is 62.2 Å². The number of halogens is 1. The normalized spacial score (nSPS) is 18.6. The lowest BCUT2D eigenvalue weighted by Crippen LogP contribution is -2.48. The molecule has 8 heteroatoms. The zero-order valence-electron chi connectivity index (χ0n) is 18.5. The quantitative estimate of drug-likeness (QED) is 0.403. The maximum Gasteiger partial charge on any atom is 0.237 e. The van der Waals surface area contributed by atoms with Crippen LogP contribution in [0.2, 0.25) is 0 Å². The van der Waals surface area contributed by atoms with Crippen molar-refractivity contribution in [3.05, 3.63) is 52.0 Å². The molecule has 1 saturated carbocycles. The van der Waals surface area contributed by atoms with E-state index < -0.39 is 6.10 Å². The van der Waals surface area contributed by atoms with Gasteiger partial charge in [0.2, 0.25) is 5.91 Å². The number of fused-ring (bicyclic) bond motifs is 1. The van der Waals surface area contributed by atoms with Gasteiger partial charge in [-0.25, -0.2) is 4.39 Å². The SMILES string of the molecule is C#CCOC[C@H](O)CN(CC(=O)N1CCc2sccc2[C@@H]1COc1cccc(F)c1)C1CC1. The molecule has 2 aliphatic rings. The van der Waals surface area contributed by atoms with Gasteiger partial charge in [0.1, 0.15) is 24.8 Å². The van der Waals surface area contributed by atoms with Crippen LogP contribution in [0.3, 0.4) is 0 Å². The number of carbonyl (C=O) groups excluding carboxylic acids is 1. The smallest absolute Gasteiger partial charge is 0.237 e. The average Bonchev–Trinajstić information content (AvgIpc) is 3.54. The van der Waals surface area contributed by atoms with E-state index in [2.05, 4.69) is 5.92 Å². The van der Waals surface area contributed by atoms with Crippen LogP contribution in [0.25, 0.3) is 0 Å². The monoisotopic (exact) mass is 472 g/mol. The zero-order valence-corrected chi connectivity index (χ0v) is 19.3. The van der Waals surface area contributed by atoms with Gasteiger partial charge in [-0.05, 0) is 48.4 Å². The molecule has 0 radical (unpaired) electrons. The molecule has 2 heterocycles. The number of rotatable bonds is 11. The molecule has 1 amide bonds. The lowest BCUT2D eigenvalue weighted by atomic mass is 10.0. The van der Waals surface area contributed by atoms with E-state index in [0.717, 1.165) is 24.8 Å². The number of aliphatic hydroxyl groups excluding tert-OH is 1. The predicted octanol–water partition coefficient (Wildman–Crippen LogP) is 2.87. The Labute approximate surface area is 197 Å². The summed E-state index contributed by atoms with van der Waals surface area (Å²) in [5.74, 6) is 2.48. The summed E-state index contributed by atoms with van der Waals surface area (Å²) in [7, 11) is 0. The van der Waals surface area contributed by atoms with Crippen molar-refractivity contribution in [2.75, 3.05) is 39.5 Å². The Balaban J connectivity index is 1.42. The predicted molar refractivity (Wildman–Crippen MR) is 125 cm³/mol. The Morgan fingerprint density at radius 3 is 3.00 bits per heavy atom. The van der Waals surface area contributed by atoms with E-state index in [9.17, 15) is 14.3 Å². The fourth-order valence-corrected chi connectivity index (χ4v) is 5.16. The first kappa shape index (κ1) is 23.7. The molecule has 176 valence electrons. The molecule has 0 spiro atoms. The third-order valence-corrected chi connectivity index (χ3v) is 6.96.